The number of halogens is 2. The predicted octanol–water partition coefficient (Wildman–Crippen LogP) is 6.94. The van der Waals surface area contributed by atoms with Gasteiger partial charge in [-0.05, 0) is 68.5 Å². The molecule has 2 saturated heterocycles. The van der Waals surface area contributed by atoms with Gasteiger partial charge in [-0.2, -0.15) is 0 Å². The van der Waals surface area contributed by atoms with Gasteiger partial charge in [0.25, 0.3) is 5.91 Å². The Morgan fingerprint density at radius 1 is 0.816 bits per heavy atom. The van der Waals surface area contributed by atoms with Crippen molar-refractivity contribution in [1.29, 1.82) is 0 Å². The van der Waals surface area contributed by atoms with E-state index in [0.29, 0.717) is 12.0 Å². The summed E-state index contributed by atoms with van der Waals surface area (Å²) in [6.45, 7) is 6.30. The van der Waals surface area contributed by atoms with E-state index in [9.17, 15) is 4.79 Å². The number of nitrogens with zero attached hydrogens (tertiary/aromatic N) is 3. The molecule has 3 aromatic rings. The largest absolute Gasteiger partial charge is 0.350 e. The van der Waals surface area contributed by atoms with Gasteiger partial charge in [0.2, 0.25) is 0 Å². The second kappa shape index (κ2) is 11.6. The number of piperidine rings is 1. The smallest absolute Gasteiger partial charge is 0.270 e. The van der Waals surface area contributed by atoms with Crippen LogP contribution in [0.1, 0.15) is 72.5 Å². The van der Waals surface area contributed by atoms with Crippen LogP contribution in [0, 0.1) is 0 Å². The molecule has 2 aliphatic heterocycles. The highest BCUT2D eigenvalue weighted by atomic mass is 35.5. The van der Waals surface area contributed by atoms with Gasteiger partial charge in [-0.3, -0.25) is 14.6 Å². The number of H-pyrrole nitrogens is 1. The molecule has 38 heavy (non-hydrogen) atoms. The van der Waals surface area contributed by atoms with Crippen LogP contribution < -0.4 is 0 Å². The number of piperazine rings is 1. The molecule has 1 aromatic heterocycles. The third kappa shape index (κ3) is 5.36. The second-order valence-electron chi connectivity index (χ2n) is 11.3. The maximum absolute atomic E-state index is 13.9. The van der Waals surface area contributed by atoms with Crippen LogP contribution in [0.25, 0.3) is 10.9 Å². The number of fused-ring (bicyclic) bond motifs is 1. The molecule has 0 spiro atoms. The standard InChI is InChI=1S/C31H38Cl2N4O/c32-26-10-6-11-27(33)29(26)22-13-15-35(16-14-22)21-25-24-9-4-5-12-28(24)34-30(25)31(38)37-19-17-36(18-20-37)23-7-2-1-3-8-23/h4-6,9-12,22-23,34H,1-3,7-8,13-21H2. The van der Waals surface area contributed by atoms with Gasteiger partial charge < -0.3 is 9.88 Å². The number of rotatable bonds is 5. The third-order valence-electron chi connectivity index (χ3n) is 9.10. The lowest BCUT2D eigenvalue weighted by Crippen LogP contribution is -2.52. The quantitative estimate of drug-likeness (QED) is 0.372. The van der Waals surface area contributed by atoms with Gasteiger partial charge in [0, 0.05) is 65.3 Å². The molecule has 3 fully saturated rings. The first kappa shape index (κ1) is 26.2. The maximum Gasteiger partial charge on any atom is 0.270 e. The number of hydrogen-bond acceptors (Lipinski definition) is 3. The molecule has 5 nitrogen and oxygen atoms in total. The summed E-state index contributed by atoms with van der Waals surface area (Å²) in [5.74, 6) is 0.522. The summed E-state index contributed by atoms with van der Waals surface area (Å²) < 4.78 is 0. The first-order chi connectivity index (χ1) is 18.6. The SMILES string of the molecule is O=C(c1[nH]c2ccccc2c1CN1CCC(c2c(Cl)cccc2Cl)CC1)N1CCN(C2CCCCC2)CC1. The van der Waals surface area contributed by atoms with Crippen molar-refractivity contribution in [3.05, 3.63) is 69.3 Å². The second-order valence-corrected chi connectivity index (χ2v) is 12.1. The molecule has 202 valence electrons. The lowest BCUT2D eigenvalue weighted by Gasteiger charge is -2.40. The Morgan fingerprint density at radius 2 is 1.50 bits per heavy atom. The number of para-hydroxylation sites is 1. The van der Waals surface area contributed by atoms with Gasteiger partial charge in [0.15, 0.2) is 0 Å². The molecule has 3 heterocycles. The lowest BCUT2D eigenvalue weighted by molar-refractivity contribution is 0.0517. The summed E-state index contributed by atoms with van der Waals surface area (Å²) in [4.78, 5) is 24.5. The minimum absolute atomic E-state index is 0.150. The fourth-order valence-corrected chi connectivity index (χ4v) is 7.65. The van der Waals surface area contributed by atoms with Gasteiger partial charge in [0.05, 0.1) is 0 Å². The molecule has 0 atom stereocenters. The first-order valence-electron chi connectivity index (χ1n) is 14.4. The molecule has 6 rings (SSSR count). The van der Waals surface area contributed by atoms with Gasteiger partial charge in [-0.25, -0.2) is 0 Å². The molecule has 1 aliphatic carbocycles. The first-order valence-corrected chi connectivity index (χ1v) is 15.1. The van der Waals surface area contributed by atoms with Crippen molar-refractivity contribution < 1.29 is 4.79 Å². The fourth-order valence-electron chi connectivity index (χ4n) is 6.95. The molecule has 0 radical (unpaired) electrons. The molecule has 2 aromatic carbocycles. The zero-order valence-electron chi connectivity index (χ0n) is 22.1. The number of hydrogen-bond donors (Lipinski definition) is 1. The van der Waals surface area contributed by atoms with Crippen LogP contribution in [0.5, 0.6) is 0 Å². The van der Waals surface area contributed by atoms with Gasteiger partial charge in [-0.15, -0.1) is 0 Å². The Kier molecular flexibility index (Phi) is 7.99. The summed E-state index contributed by atoms with van der Waals surface area (Å²) in [5.41, 5.74) is 4.04. The van der Waals surface area contributed by atoms with E-state index in [2.05, 4.69) is 37.9 Å². The number of carbonyl (C=O) groups is 1. The molecule has 1 saturated carbocycles. The zero-order valence-corrected chi connectivity index (χ0v) is 23.6. The minimum atomic E-state index is 0.150. The fraction of sp³-hybridized carbons (Fsp3) is 0.516. The van der Waals surface area contributed by atoms with Crippen molar-refractivity contribution in [3.8, 4) is 0 Å². The van der Waals surface area contributed by atoms with Crippen molar-refractivity contribution in [2.45, 2.75) is 63.5 Å². The molecule has 7 heteroatoms. The van der Waals surface area contributed by atoms with Crippen molar-refractivity contribution in [1.82, 2.24) is 19.7 Å². The number of likely N-dealkylation sites (tertiary alicyclic amines) is 1. The van der Waals surface area contributed by atoms with Gasteiger partial charge in [0.1, 0.15) is 5.69 Å². The Morgan fingerprint density at radius 3 is 2.21 bits per heavy atom. The number of benzene rings is 2. The highest BCUT2D eigenvalue weighted by Gasteiger charge is 2.31. The monoisotopic (exact) mass is 552 g/mol. The van der Waals surface area contributed by atoms with Crippen LogP contribution in [-0.4, -0.2) is 70.9 Å². The van der Waals surface area contributed by atoms with E-state index in [-0.39, 0.29) is 5.91 Å². The van der Waals surface area contributed by atoms with E-state index in [4.69, 9.17) is 23.2 Å². The Labute approximate surface area is 236 Å². The topological polar surface area (TPSA) is 42.6 Å². The van der Waals surface area contributed by atoms with Crippen LogP contribution in [0.15, 0.2) is 42.5 Å². The summed E-state index contributed by atoms with van der Waals surface area (Å²) in [6.07, 6.45) is 8.74. The Hall–Kier alpha value is -2.05. The average Bonchev–Trinajstić information content (AvgIpc) is 3.32. The molecular weight excluding hydrogens is 515 g/mol. The van der Waals surface area contributed by atoms with Crippen LogP contribution in [0.3, 0.4) is 0 Å². The number of aromatic nitrogens is 1. The highest BCUT2D eigenvalue weighted by Crippen LogP contribution is 2.38. The Bertz CT molecular complexity index is 1250. The number of carbonyl (C=O) groups excluding carboxylic acids is 1. The minimum Gasteiger partial charge on any atom is -0.350 e. The molecule has 3 aliphatic rings. The van der Waals surface area contributed by atoms with E-state index in [1.54, 1.807) is 0 Å². The molecule has 1 amide bonds. The highest BCUT2D eigenvalue weighted by molar-refractivity contribution is 6.36. The van der Waals surface area contributed by atoms with Crippen molar-refractivity contribution in [2.24, 2.45) is 0 Å². The van der Waals surface area contributed by atoms with Crippen molar-refractivity contribution >= 4 is 40.0 Å². The predicted molar refractivity (Wildman–Crippen MR) is 156 cm³/mol. The summed E-state index contributed by atoms with van der Waals surface area (Å²) in [5, 5.41) is 2.70. The van der Waals surface area contributed by atoms with Crippen molar-refractivity contribution in [3.63, 3.8) is 0 Å². The number of nitrogens with one attached hydrogen (secondary N) is 1. The van der Waals surface area contributed by atoms with Gasteiger partial charge >= 0.3 is 0 Å². The third-order valence-corrected chi connectivity index (χ3v) is 9.76. The van der Waals surface area contributed by atoms with Crippen LogP contribution in [0.4, 0.5) is 0 Å². The normalized spacial score (nSPS) is 20.8. The van der Waals surface area contributed by atoms with Crippen LogP contribution in [0.2, 0.25) is 10.0 Å². The molecular formula is C31H38Cl2N4O. The van der Waals surface area contributed by atoms with Crippen molar-refractivity contribution in [2.75, 3.05) is 39.3 Å². The Balaban J connectivity index is 1.15. The summed E-state index contributed by atoms with van der Waals surface area (Å²) in [6, 6.07) is 14.9. The number of aromatic amines is 1. The van der Waals surface area contributed by atoms with E-state index in [1.165, 1.54) is 32.1 Å². The van der Waals surface area contributed by atoms with E-state index < -0.39 is 0 Å². The average molecular weight is 554 g/mol. The van der Waals surface area contributed by atoms with E-state index in [1.807, 2.05) is 24.3 Å². The summed E-state index contributed by atoms with van der Waals surface area (Å²) >= 11 is 13.0. The van der Waals surface area contributed by atoms with Gasteiger partial charge in [-0.1, -0.05) is 66.7 Å². The van der Waals surface area contributed by atoms with E-state index >= 15 is 0 Å². The number of amides is 1. The molecule has 0 bridgehead atoms. The molecule has 0 unspecified atom stereocenters. The summed E-state index contributed by atoms with van der Waals surface area (Å²) in [7, 11) is 0. The van der Waals surface area contributed by atoms with E-state index in [0.717, 1.165) is 96.4 Å². The maximum atomic E-state index is 13.9. The van der Waals surface area contributed by atoms with Crippen LogP contribution in [-0.2, 0) is 6.54 Å². The zero-order chi connectivity index (χ0) is 26.1. The van der Waals surface area contributed by atoms with Crippen LogP contribution >= 0.6 is 23.2 Å². The molecule has 1 N–H and O–H groups in total. The lowest BCUT2D eigenvalue weighted by atomic mass is 9.89.